The van der Waals surface area contributed by atoms with Gasteiger partial charge in [-0.05, 0) is 50.4 Å². The summed E-state index contributed by atoms with van der Waals surface area (Å²) in [7, 11) is 0. The zero-order valence-corrected chi connectivity index (χ0v) is 21.7. The number of nitrogens with zero attached hydrogens (tertiary/aromatic N) is 5. The first kappa shape index (κ1) is 24.5. The number of likely N-dealkylation sites (N-methyl/N-ethyl adjacent to an activating group) is 1. The van der Waals surface area contributed by atoms with Crippen molar-refractivity contribution in [1.29, 1.82) is 0 Å². The average molecular weight is 480 g/mol. The molecule has 1 fully saturated rings. The van der Waals surface area contributed by atoms with Crippen molar-refractivity contribution in [2.75, 3.05) is 37.6 Å². The topological polar surface area (TPSA) is 44.6 Å². The number of aromatic nitrogens is 2. The fraction of sp³-hybridized carbons (Fsp3) is 0.481. The highest BCUT2D eigenvalue weighted by Crippen LogP contribution is 2.30. The van der Waals surface area contributed by atoms with Crippen LogP contribution < -0.4 is 4.90 Å². The number of rotatable bonds is 9. The second kappa shape index (κ2) is 11.2. The number of hydrogen-bond donors (Lipinski definition) is 0. The number of anilines is 1. The summed E-state index contributed by atoms with van der Waals surface area (Å²) < 4.78 is 2.09. The molecule has 7 heteroatoms. The third-order valence-electron chi connectivity index (χ3n) is 6.95. The monoisotopic (exact) mass is 479 g/mol. The highest BCUT2D eigenvalue weighted by molar-refractivity contribution is 7.10. The Labute approximate surface area is 207 Å². The van der Waals surface area contributed by atoms with Crippen LogP contribution >= 0.6 is 11.3 Å². The number of carbonyl (C=O) groups excluding carboxylic acids is 1. The molecule has 6 nitrogen and oxygen atoms in total. The van der Waals surface area contributed by atoms with E-state index < -0.39 is 0 Å². The molecule has 0 spiro atoms. The number of thiophene rings is 1. The molecule has 1 aromatic carbocycles. The average Bonchev–Trinajstić information content (AvgIpc) is 3.50. The van der Waals surface area contributed by atoms with E-state index >= 15 is 0 Å². The number of amides is 1. The first-order valence-corrected chi connectivity index (χ1v) is 13.3. The van der Waals surface area contributed by atoms with E-state index in [1.165, 1.54) is 0 Å². The van der Waals surface area contributed by atoms with Gasteiger partial charge in [-0.2, -0.15) is 5.10 Å². The molecule has 0 bridgehead atoms. The van der Waals surface area contributed by atoms with Gasteiger partial charge >= 0.3 is 0 Å². The normalized spacial score (nSPS) is 15.5. The molecule has 4 rings (SSSR count). The van der Waals surface area contributed by atoms with E-state index in [4.69, 9.17) is 5.10 Å². The van der Waals surface area contributed by atoms with Crippen LogP contribution in [0.25, 0.3) is 5.69 Å². The summed E-state index contributed by atoms with van der Waals surface area (Å²) in [6, 6.07) is 14.6. The van der Waals surface area contributed by atoms with E-state index in [2.05, 4.69) is 77.4 Å². The zero-order valence-electron chi connectivity index (χ0n) is 20.9. The fourth-order valence-corrected chi connectivity index (χ4v) is 5.32. The van der Waals surface area contributed by atoms with E-state index in [0.717, 1.165) is 66.8 Å². The van der Waals surface area contributed by atoms with Crippen LogP contribution in [-0.2, 0) is 17.8 Å². The van der Waals surface area contributed by atoms with E-state index in [-0.39, 0.29) is 11.9 Å². The number of carbonyl (C=O) groups is 1. The van der Waals surface area contributed by atoms with Gasteiger partial charge in [0.05, 0.1) is 24.3 Å². The predicted molar refractivity (Wildman–Crippen MR) is 141 cm³/mol. The maximum absolute atomic E-state index is 13.5. The molecule has 1 aliphatic heterocycles. The molecule has 182 valence electrons. The highest BCUT2D eigenvalue weighted by Gasteiger charge is 2.29. The lowest BCUT2D eigenvalue weighted by molar-refractivity contribution is -0.133. The maximum Gasteiger partial charge on any atom is 0.228 e. The minimum absolute atomic E-state index is 0.164. The van der Waals surface area contributed by atoms with Crippen LogP contribution in [0, 0.1) is 6.92 Å². The zero-order chi connectivity index (χ0) is 24.1. The van der Waals surface area contributed by atoms with Gasteiger partial charge in [0.2, 0.25) is 5.91 Å². The summed E-state index contributed by atoms with van der Waals surface area (Å²) in [6.07, 6.45) is 1.38. The molecular formula is C27H37N5OS. The van der Waals surface area contributed by atoms with E-state index in [9.17, 15) is 4.79 Å². The second-order valence-corrected chi connectivity index (χ2v) is 10.1. The molecular weight excluding hydrogens is 442 g/mol. The smallest absolute Gasteiger partial charge is 0.228 e. The Morgan fingerprint density at radius 1 is 1.09 bits per heavy atom. The van der Waals surface area contributed by atoms with Gasteiger partial charge < -0.3 is 14.7 Å². The van der Waals surface area contributed by atoms with Crippen molar-refractivity contribution < 1.29 is 4.79 Å². The van der Waals surface area contributed by atoms with Gasteiger partial charge in [-0.15, -0.1) is 11.3 Å². The molecule has 0 N–H and O–H groups in total. The molecule has 1 saturated heterocycles. The van der Waals surface area contributed by atoms with Crippen LogP contribution in [0.4, 0.5) is 5.82 Å². The molecule has 3 aromatic rings. The predicted octanol–water partition coefficient (Wildman–Crippen LogP) is 4.75. The minimum Gasteiger partial charge on any atom is -0.354 e. The van der Waals surface area contributed by atoms with Crippen LogP contribution in [0.15, 0.2) is 47.8 Å². The van der Waals surface area contributed by atoms with Crippen LogP contribution in [0.2, 0.25) is 0 Å². The third-order valence-corrected chi connectivity index (χ3v) is 7.83. The Morgan fingerprint density at radius 3 is 2.44 bits per heavy atom. The SMILES string of the molecule is CCC(C)N(Cc1c(C)nn(-c2ccccc2)c1N1CCN(CC)CC1)C(=O)Cc1cccs1. The summed E-state index contributed by atoms with van der Waals surface area (Å²) in [5.41, 5.74) is 3.22. The molecule has 0 radical (unpaired) electrons. The van der Waals surface area contributed by atoms with Crippen molar-refractivity contribution in [2.24, 2.45) is 0 Å². The number of piperazine rings is 1. The first-order valence-electron chi connectivity index (χ1n) is 12.4. The van der Waals surface area contributed by atoms with Crippen molar-refractivity contribution in [1.82, 2.24) is 19.6 Å². The Morgan fingerprint density at radius 2 is 1.82 bits per heavy atom. The lowest BCUT2D eigenvalue weighted by Crippen LogP contribution is -2.47. The summed E-state index contributed by atoms with van der Waals surface area (Å²) in [6.45, 7) is 14.3. The first-order chi connectivity index (χ1) is 16.5. The van der Waals surface area contributed by atoms with Crippen molar-refractivity contribution in [3.63, 3.8) is 0 Å². The standard InChI is InChI=1S/C27H37N5OS/c1-5-21(3)31(26(33)19-24-13-10-18-34-24)20-25-22(4)28-32(23-11-8-7-9-12-23)27(25)30-16-14-29(6-2)15-17-30/h7-13,18,21H,5-6,14-17,19-20H2,1-4H3. The van der Waals surface area contributed by atoms with Crippen LogP contribution in [-0.4, -0.2) is 64.3 Å². The van der Waals surface area contributed by atoms with Gasteiger partial charge in [-0.1, -0.05) is 38.1 Å². The van der Waals surface area contributed by atoms with E-state index in [1.807, 2.05) is 17.5 Å². The lowest BCUT2D eigenvalue weighted by atomic mass is 10.1. The minimum atomic E-state index is 0.164. The molecule has 34 heavy (non-hydrogen) atoms. The van der Waals surface area contributed by atoms with Gasteiger partial charge in [0.15, 0.2) is 0 Å². The Balaban J connectivity index is 1.70. The maximum atomic E-state index is 13.5. The van der Waals surface area contributed by atoms with Crippen LogP contribution in [0.5, 0.6) is 0 Å². The number of hydrogen-bond acceptors (Lipinski definition) is 5. The molecule has 1 amide bonds. The van der Waals surface area contributed by atoms with E-state index in [1.54, 1.807) is 11.3 Å². The Bertz CT molecular complexity index is 1050. The van der Waals surface area contributed by atoms with Gasteiger partial charge in [-0.3, -0.25) is 4.79 Å². The Kier molecular flexibility index (Phi) is 8.06. The number of aryl methyl sites for hydroxylation is 1. The molecule has 2 aromatic heterocycles. The van der Waals surface area contributed by atoms with Crippen molar-refractivity contribution in [2.45, 2.75) is 53.1 Å². The number of benzene rings is 1. The van der Waals surface area contributed by atoms with Gasteiger partial charge in [-0.25, -0.2) is 4.68 Å². The quantitative estimate of drug-likeness (QED) is 0.444. The lowest BCUT2D eigenvalue weighted by Gasteiger charge is -2.37. The summed E-state index contributed by atoms with van der Waals surface area (Å²) in [4.78, 5) is 21.6. The van der Waals surface area contributed by atoms with Crippen LogP contribution in [0.3, 0.4) is 0 Å². The van der Waals surface area contributed by atoms with Gasteiger partial charge in [0, 0.05) is 42.7 Å². The third kappa shape index (κ3) is 5.36. The van der Waals surface area contributed by atoms with Crippen molar-refractivity contribution in [3.8, 4) is 5.69 Å². The summed E-state index contributed by atoms with van der Waals surface area (Å²) in [5, 5.41) is 7.03. The molecule has 0 saturated carbocycles. The molecule has 3 heterocycles. The Hall–Kier alpha value is -2.64. The van der Waals surface area contributed by atoms with Crippen molar-refractivity contribution >= 4 is 23.1 Å². The highest BCUT2D eigenvalue weighted by atomic mass is 32.1. The van der Waals surface area contributed by atoms with E-state index in [0.29, 0.717) is 13.0 Å². The molecule has 1 unspecified atom stereocenters. The molecule has 1 atom stereocenters. The largest absolute Gasteiger partial charge is 0.354 e. The molecule has 1 aliphatic rings. The summed E-state index contributed by atoms with van der Waals surface area (Å²) in [5.74, 6) is 1.32. The summed E-state index contributed by atoms with van der Waals surface area (Å²) >= 11 is 1.65. The number of para-hydroxylation sites is 1. The van der Waals surface area contributed by atoms with Gasteiger partial charge in [0.1, 0.15) is 5.82 Å². The fourth-order valence-electron chi connectivity index (χ4n) is 4.63. The second-order valence-electron chi connectivity index (χ2n) is 9.09. The van der Waals surface area contributed by atoms with Crippen LogP contribution in [0.1, 0.15) is 43.3 Å². The van der Waals surface area contributed by atoms with Crippen molar-refractivity contribution in [3.05, 3.63) is 64.0 Å². The van der Waals surface area contributed by atoms with Gasteiger partial charge in [0.25, 0.3) is 0 Å². The molecule has 0 aliphatic carbocycles.